The van der Waals surface area contributed by atoms with Crippen LogP contribution in [-0.4, -0.2) is 41.1 Å². The van der Waals surface area contributed by atoms with Gasteiger partial charge in [-0.1, -0.05) is 31.0 Å². The molecule has 0 radical (unpaired) electrons. The lowest BCUT2D eigenvalue weighted by Gasteiger charge is -2.38. The summed E-state index contributed by atoms with van der Waals surface area (Å²) in [6.07, 6.45) is 5.46. The lowest BCUT2D eigenvalue weighted by molar-refractivity contribution is -0.123. The quantitative estimate of drug-likeness (QED) is 0.877. The summed E-state index contributed by atoms with van der Waals surface area (Å²) < 4.78 is 0. The molecule has 1 aromatic carbocycles. The lowest BCUT2D eigenvalue weighted by atomic mass is 9.90. The summed E-state index contributed by atoms with van der Waals surface area (Å²) in [6, 6.07) is 7.96. The first-order valence-corrected chi connectivity index (χ1v) is 7.95. The maximum absolute atomic E-state index is 12.5. The van der Waals surface area contributed by atoms with Crippen molar-refractivity contribution in [2.45, 2.75) is 56.7 Å². The number of nitrogens with one attached hydrogen (secondary N) is 1. The van der Waals surface area contributed by atoms with Crippen LogP contribution in [0.15, 0.2) is 24.3 Å². The van der Waals surface area contributed by atoms with Crippen LogP contribution in [0.5, 0.6) is 0 Å². The van der Waals surface area contributed by atoms with Crippen LogP contribution in [0.2, 0.25) is 0 Å². The van der Waals surface area contributed by atoms with Gasteiger partial charge in [0, 0.05) is 11.7 Å². The summed E-state index contributed by atoms with van der Waals surface area (Å²) in [4.78, 5) is 14.6. The number of hydrogen-bond donors (Lipinski definition) is 2. The Labute approximate surface area is 126 Å². The van der Waals surface area contributed by atoms with E-state index in [4.69, 9.17) is 0 Å². The smallest absolute Gasteiger partial charge is 0.241 e. The van der Waals surface area contributed by atoms with Gasteiger partial charge in [0.15, 0.2) is 0 Å². The number of carbonyl (C=O) groups is 1. The number of likely N-dealkylation sites (N-methyl/N-ethyl adjacent to an activating group) is 1. The van der Waals surface area contributed by atoms with Crippen molar-refractivity contribution in [1.29, 1.82) is 0 Å². The molecule has 0 saturated heterocycles. The summed E-state index contributed by atoms with van der Waals surface area (Å²) in [5.41, 5.74) is 2.13. The Bertz CT molecular complexity index is 517. The van der Waals surface area contributed by atoms with E-state index in [1.54, 1.807) is 0 Å². The van der Waals surface area contributed by atoms with Gasteiger partial charge in [-0.2, -0.15) is 0 Å². The van der Waals surface area contributed by atoms with Crippen molar-refractivity contribution < 1.29 is 9.90 Å². The summed E-state index contributed by atoms with van der Waals surface area (Å²) >= 11 is 0. The van der Waals surface area contributed by atoms with Crippen LogP contribution >= 0.6 is 0 Å². The van der Waals surface area contributed by atoms with Gasteiger partial charge < -0.3 is 10.4 Å². The van der Waals surface area contributed by atoms with Crippen LogP contribution in [-0.2, 0) is 11.2 Å². The zero-order valence-electron chi connectivity index (χ0n) is 12.6. The number of fused-ring (bicyclic) bond motifs is 1. The number of aliphatic hydroxyl groups excluding tert-OH is 1. The Morgan fingerprint density at radius 1 is 1.19 bits per heavy atom. The number of carbonyl (C=O) groups excluding carboxylic acids is 1. The molecule has 4 heteroatoms. The number of hydrogen-bond acceptors (Lipinski definition) is 3. The first-order valence-electron chi connectivity index (χ1n) is 7.95. The molecule has 1 aromatic rings. The van der Waals surface area contributed by atoms with Crippen molar-refractivity contribution in [3.05, 3.63) is 29.8 Å². The third-order valence-electron chi connectivity index (χ3n) is 4.97. The predicted octanol–water partition coefficient (Wildman–Crippen LogP) is 2.18. The highest BCUT2D eigenvalue weighted by Crippen LogP contribution is 2.28. The maximum Gasteiger partial charge on any atom is 0.241 e. The van der Waals surface area contributed by atoms with E-state index in [1.165, 1.54) is 5.56 Å². The summed E-state index contributed by atoms with van der Waals surface area (Å²) in [5, 5.41) is 13.3. The van der Waals surface area contributed by atoms with Gasteiger partial charge in [-0.05, 0) is 44.4 Å². The van der Waals surface area contributed by atoms with E-state index < -0.39 is 0 Å². The molecule has 3 unspecified atom stereocenters. The van der Waals surface area contributed by atoms with Crippen LogP contribution in [0, 0.1) is 0 Å². The number of aliphatic hydroxyl groups is 1. The standard InChI is InChI=1S/C17H24N2O2/c1-19(14-8-4-5-9-16(14)20)15-11-10-12-6-2-3-7-13(12)18-17(15)21/h2-3,6-7,14-16,20H,4-5,8-11H2,1H3,(H,18,21). The zero-order valence-corrected chi connectivity index (χ0v) is 12.6. The topological polar surface area (TPSA) is 52.6 Å². The van der Waals surface area contributed by atoms with Crippen molar-refractivity contribution in [2.24, 2.45) is 0 Å². The number of aryl methyl sites for hydroxylation is 1. The molecule has 1 heterocycles. The number of para-hydroxylation sites is 1. The summed E-state index contributed by atoms with van der Waals surface area (Å²) in [5.74, 6) is 0.0558. The van der Waals surface area contributed by atoms with Gasteiger partial charge in [-0.3, -0.25) is 9.69 Å². The van der Waals surface area contributed by atoms with E-state index in [0.717, 1.165) is 44.2 Å². The maximum atomic E-state index is 12.5. The zero-order chi connectivity index (χ0) is 14.8. The highest BCUT2D eigenvalue weighted by atomic mass is 16.3. The largest absolute Gasteiger partial charge is 0.391 e. The SMILES string of the molecule is CN(C1CCc2ccccc2NC1=O)C1CCCCC1O. The van der Waals surface area contributed by atoms with E-state index in [1.807, 2.05) is 25.2 Å². The molecule has 2 N–H and O–H groups in total. The molecule has 4 nitrogen and oxygen atoms in total. The molecule has 3 atom stereocenters. The van der Waals surface area contributed by atoms with Gasteiger partial charge in [0.2, 0.25) is 5.91 Å². The second kappa shape index (κ2) is 6.16. The van der Waals surface area contributed by atoms with Gasteiger partial charge in [0.05, 0.1) is 12.1 Å². The Kier molecular flexibility index (Phi) is 4.27. The average molecular weight is 288 g/mol. The fourth-order valence-corrected chi connectivity index (χ4v) is 3.69. The van der Waals surface area contributed by atoms with E-state index in [9.17, 15) is 9.90 Å². The Morgan fingerprint density at radius 2 is 1.95 bits per heavy atom. The third-order valence-corrected chi connectivity index (χ3v) is 4.97. The van der Waals surface area contributed by atoms with E-state index in [0.29, 0.717) is 0 Å². The van der Waals surface area contributed by atoms with Crippen molar-refractivity contribution in [3.63, 3.8) is 0 Å². The van der Waals surface area contributed by atoms with Gasteiger partial charge in [-0.15, -0.1) is 0 Å². The minimum atomic E-state index is -0.304. The molecule has 1 fully saturated rings. The van der Waals surface area contributed by atoms with E-state index >= 15 is 0 Å². The predicted molar refractivity (Wildman–Crippen MR) is 83.2 cm³/mol. The molecule has 0 spiro atoms. The van der Waals surface area contributed by atoms with E-state index in [2.05, 4.69) is 16.3 Å². The fourth-order valence-electron chi connectivity index (χ4n) is 3.69. The van der Waals surface area contributed by atoms with E-state index in [-0.39, 0.29) is 24.1 Å². The lowest BCUT2D eigenvalue weighted by Crippen LogP contribution is -2.52. The van der Waals surface area contributed by atoms with Crippen LogP contribution in [0.4, 0.5) is 5.69 Å². The molecule has 2 aliphatic rings. The van der Waals surface area contributed by atoms with Crippen molar-refractivity contribution in [1.82, 2.24) is 4.90 Å². The second-order valence-electron chi connectivity index (χ2n) is 6.29. The van der Waals surface area contributed by atoms with Crippen molar-refractivity contribution in [3.8, 4) is 0 Å². The third kappa shape index (κ3) is 2.97. The Morgan fingerprint density at radius 3 is 2.76 bits per heavy atom. The molecule has 1 amide bonds. The van der Waals surface area contributed by atoms with Gasteiger partial charge >= 0.3 is 0 Å². The molecule has 1 saturated carbocycles. The van der Waals surface area contributed by atoms with Gasteiger partial charge in [0.1, 0.15) is 0 Å². The molecule has 0 aromatic heterocycles. The highest BCUT2D eigenvalue weighted by molar-refractivity contribution is 5.96. The molecular formula is C17H24N2O2. The second-order valence-corrected chi connectivity index (χ2v) is 6.29. The molecular weight excluding hydrogens is 264 g/mol. The molecule has 21 heavy (non-hydrogen) atoms. The average Bonchev–Trinajstić information content (AvgIpc) is 2.65. The number of rotatable bonds is 2. The van der Waals surface area contributed by atoms with Crippen LogP contribution in [0.25, 0.3) is 0 Å². The van der Waals surface area contributed by atoms with Crippen LogP contribution < -0.4 is 5.32 Å². The van der Waals surface area contributed by atoms with Crippen molar-refractivity contribution >= 4 is 11.6 Å². The van der Waals surface area contributed by atoms with Gasteiger partial charge in [0.25, 0.3) is 0 Å². The van der Waals surface area contributed by atoms with Crippen LogP contribution in [0.3, 0.4) is 0 Å². The first kappa shape index (κ1) is 14.5. The number of benzene rings is 1. The molecule has 0 bridgehead atoms. The minimum absolute atomic E-state index is 0.0558. The fraction of sp³-hybridized carbons (Fsp3) is 0.588. The minimum Gasteiger partial charge on any atom is -0.391 e. The molecule has 1 aliphatic heterocycles. The van der Waals surface area contributed by atoms with Crippen LogP contribution in [0.1, 0.15) is 37.7 Å². The first-order chi connectivity index (χ1) is 10.2. The normalized spacial score (nSPS) is 29.7. The number of nitrogens with zero attached hydrogens (tertiary/aromatic N) is 1. The van der Waals surface area contributed by atoms with Crippen molar-refractivity contribution in [2.75, 3.05) is 12.4 Å². The summed E-state index contributed by atoms with van der Waals surface area (Å²) in [7, 11) is 1.99. The monoisotopic (exact) mass is 288 g/mol. The number of anilines is 1. The summed E-state index contributed by atoms with van der Waals surface area (Å²) in [6.45, 7) is 0. The Balaban J connectivity index is 1.75. The Hall–Kier alpha value is -1.39. The molecule has 1 aliphatic carbocycles. The molecule has 114 valence electrons. The molecule has 3 rings (SSSR count). The van der Waals surface area contributed by atoms with Gasteiger partial charge in [-0.25, -0.2) is 0 Å². The number of amides is 1. The highest BCUT2D eigenvalue weighted by Gasteiger charge is 2.35.